The lowest BCUT2D eigenvalue weighted by Gasteiger charge is -2.10. The average Bonchev–Trinajstić information content (AvgIpc) is 3.34. The highest BCUT2D eigenvalue weighted by Gasteiger charge is 2.15. The lowest BCUT2D eigenvalue weighted by atomic mass is 10.0. The largest absolute Gasteiger partial charge is 0.478 e. The first kappa shape index (κ1) is 30.0. The Balaban J connectivity index is 1.61. The second kappa shape index (κ2) is 14.1. The number of unbranched alkanes of at least 4 members (excludes halogenated alkanes) is 1. The summed E-state index contributed by atoms with van der Waals surface area (Å²) in [5.41, 5.74) is 7.03. The molecule has 0 bridgehead atoms. The molecule has 0 aliphatic carbocycles. The summed E-state index contributed by atoms with van der Waals surface area (Å²) in [6.45, 7) is 4.63. The van der Waals surface area contributed by atoms with E-state index in [1.165, 1.54) is 0 Å². The van der Waals surface area contributed by atoms with Crippen LogP contribution in [0.5, 0.6) is 0 Å². The quantitative estimate of drug-likeness (QED) is 0.165. The van der Waals surface area contributed by atoms with Crippen molar-refractivity contribution in [2.24, 2.45) is 0 Å². The van der Waals surface area contributed by atoms with Gasteiger partial charge in [0.2, 0.25) is 0 Å². The van der Waals surface area contributed by atoms with Crippen LogP contribution in [0.4, 0.5) is 5.69 Å². The summed E-state index contributed by atoms with van der Waals surface area (Å²) in [5, 5.41) is 9.95. The highest BCUT2D eigenvalue weighted by molar-refractivity contribution is 7.85. The highest BCUT2D eigenvalue weighted by atomic mass is 35.5. The Morgan fingerprint density at radius 3 is 2.17 bits per heavy atom. The SMILES string of the molecule is C/C=C(\C(Cl)=C/CCC)c1cn(Cc2ccc(C(=O)O)cc2)c(Cc2ccc(-c3ccc(NS(C)=O)cc3)cc2)n1. The van der Waals surface area contributed by atoms with Crippen molar-refractivity contribution in [3.63, 3.8) is 0 Å². The summed E-state index contributed by atoms with van der Waals surface area (Å²) < 4.78 is 16.4. The minimum atomic E-state index is -1.11. The van der Waals surface area contributed by atoms with Crippen molar-refractivity contribution in [3.05, 3.63) is 124 Å². The third-order valence-electron chi connectivity index (χ3n) is 6.64. The summed E-state index contributed by atoms with van der Waals surface area (Å²) in [6.07, 6.45) is 10.2. The van der Waals surface area contributed by atoms with E-state index >= 15 is 0 Å². The Morgan fingerprint density at radius 2 is 1.61 bits per heavy atom. The number of imidazole rings is 1. The Labute approximate surface area is 249 Å². The first-order valence-electron chi connectivity index (χ1n) is 13.5. The van der Waals surface area contributed by atoms with Gasteiger partial charge in [-0.3, -0.25) is 0 Å². The van der Waals surface area contributed by atoms with Gasteiger partial charge in [0.1, 0.15) is 16.8 Å². The topological polar surface area (TPSA) is 84.2 Å². The Bertz CT molecular complexity index is 1570. The molecular weight excluding hydrogens is 554 g/mol. The van der Waals surface area contributed by atoms with Crippen molar-refractivity contribution < 1.29 is 14.1 Å². The number of nitrogens with zero attached hydrogens (tertiary/aromatic N) is 2. The number of halogens is 1. The maximum atomic E-state index is 11.4. The number of carboxylic acid groups (broad SMARTS) is 1. The molecule has 0 fully saturated rings. The normalized spacial score (nSPS) is 12.8. The number of aromatic nitrogens is 2. The second-order valence-corrected chi connectivity index (χ2v) is 11.2. The van der Waals surface area contributed by atoms with Gasteiger partial charge in [-0.25, -0.2) is 14.0 Å². The van der Waals surface area contributed by atoms with Crippen LogP contribution in [0, 0.1) is 0 Å². The fraction of sp³-hybridized carbons (Fsp3) is 0.212. The molecule has 4 rings (SSSR count). The fourth-order valence-corrected chi connectivity index (χ4v) is 5.28. The molecule has 0 aliphatic heterocycles. The molecule has 1 aromatic heterocycles. The van der Waals surface area contributed by atoms with Crippen molar-refractivity contribution in [2.45, 2.75) is 39.7 Å². The lowest BCUT2D eigenvalue weighted by molar-refractivity contribution is 0.0697. The fourth-order valence-electron chi connectivity index (χ4n) is 4.49. The van der Waals surface area contributed by atoms with Crippen molar-refractivity contribution >= 4 is 39.8 Å². The summed E-state index contributed by atoms with van der Waals surface area (Å²) in [4.78, 5) is 16.3. The standard InChI is InChI=1S/C33H34ClN3O3S/c1-4-6-7-30(34)29(5-2)31-22-37(21-24-10-14-27(15-11-24)33(38)39)32(35-31)20-23-8-12-25(13-9-23)26-16-18-28(19-17-26)36-41(3)40/h5,7-19,22,36H,4,6,20-21H2,1-3H3,(H,38,39)/b29-5+,30-7+. The van der Waals surface area contributed by atoms with Gasteiger partial charge < -0.3 is 14.4 Å². The van der Waals surface area contributed by atoms with E-state index in [9.17, 15) is 14.1 Å². The molecule has 41 heavy (non-hydrogen) atoms. The number of carboxylic acids is 1. The molecule has 2 N–H and O–H groups in total. The van der Waals surface area contributed by atoms with E-state index < -0.39 is 17.0 Å². The molecular formula is C33H34ClN3O3S. The summed E-state index contributed by atoms with van der Waals surface area (Å²) in [5.74, 6) is -0.0563. The summed E-state index contributed by atoms with van der Waals surface area (Å²) in [6, 6.07) is 23.2. The van der Waals surface area contributed by atoms with Crippen molar-refractivity contribution in [1.29, 1.82) is 0 Å². The molecule has 3 aromatic carbocycles. The van der Waals surface area contributed by atoms with Gasteiger partial charge in [-0.1, -0.05) is 85.6 Å². The van der Waals surface area contributed by atoms with Crippen LogP contribution in [0.15, 0.2) is 96.2 Å². The van der Waals surface area contributed by atoms with Gasteiger partial charge in [-0.05, 0) is 59.9 Å². The number of benzene rings is 3. The van der Waals surface area contributed by atoms with E-state index in [-0.39, 0.29) is 5.56 Å². The van der Waals surface area contributed by atoms with E-state index in [0.29, 0.717) is 18.0 Å². The van der Waals surface area contributed by atoms with Crippen molar-refractivity contribution in [1.82, 2.24) is 9.55 Å². The average molecular weight is 588 g/mol. The zero-order valence-corrected chi connectivity index (χ0v) is 25.0. The highest BCUT2D eigenvalue weighted by Crippen LogP contribution is 2.28. The van der Waals surface area contributed by atoms with Crippen LogP contribution in [-0.4, -0.2) is 31.1 Å². The molecule has 8 heteroatoms. The second-order valence-electron chi connectivity index (χ2n) is 9.72. The van der Waals surface area contributed by atoms with E-state index in [0.717, 1.165) is 57.9 Å². The molecule has 212 valence electrons. The third-order valence-corrected chi connectivity index (χ3v) is 7.52. The van der Waals surface area contributed by atoms with E-state index in [2.05, 4.69) is 40.5 Å². The van der Waals surface area contributed by atoms with E-state index in [1.54, 1.807) is 18.4 Å². The van der Waals surface area contributed by atoms with E-state index in [1.807, 2.05) is 61.7 Å². The monoisotopic (exact) mass is 587 g/mol. The Morgan fingerprint density at radius 1 is 1.00 bits per heavy atom. The molecule has 0 aliphatic rings. The third kappa shape index (κ3) is 8.06. The van der Waals surface area contributed by atoms with Gasteiger partial charge in [0, 0.05) is 41.7 Å². The van der Waals surface area contributed by atoms with Crippen LogP contribution in [0.2, 0.25) is 0 Å². The predicted octanol–water partition coefficient (Wildman–Crippen LogP) is 7.92. The predicted molar refractivity (Wildman–Crippen MR) is 170 cm³/mol. The molecule has 4 aromatic rings. The van der Waals surface area contributed by atoms with Crippen LogP contribution in [0.1, 0.15) is 59.7 Å². The van der Waals surface area contributed by atoms with Crippen LogP contribution >= 0.6 is 11.6 Å². The van der Waals surface area contributed by atoms with Crippen LogP contribution in [0.3, 0.4) is 0 Å². The number of anilines is 1. The molecule has 0 saturated carbocycles. The van der Waals surface area contributed by atoms with Crippen LogP contribution < -0.4 is 4.72 Å². The lowest BCUT2D eigenvalue weighted by Crippen LogP contribution is -2.05. The van der Waals surface area contributed by atoms with E-state index in [4.69, 9.17) is 16.6 Å². The molecule has 1 heterocycles. The number of nitrogens with one attached hydrogen (secondary N) is 1. The molecule has 0 spiro atoms. The van der Waals surface area contributed by atoms with Crippen LogP contribution in [-0.2, 0) is 24.0 Å². The van der Waals surface area contributed by atoms with Crippen molar-refractivity contribution in [2.75, 3.05) is 11.0 Å². The van der Waals surface area contributed by atoms with Gasteiger partial charge in [-0.15, -0.1) is 0 Å². The maximum Gasteiger partial charge on any atom is 0.335 e. The molecule has 0 radical (unpaired) electrons. The number of aromatic carboxylic acids is 1. The minimum Gasteiger partial charge on any atom is -0.478 e. The number of hydrogen-bond donors (Lipinski definition) is 2. The molecule has 0 saturated heterocycles. The molecule has 1 unspecified atom stereocenters. The maximum absolute atomic E-state index is 11.4. The zero-order valence-electron chi connectivity index (χ0n) is 23.4. The summed E-state index contributed by atoms with van der Waals surface area (Å²) in [7, 11) is -1.11. The first-order chi connectivity index (χ1) is 19.8. The number of carbonyl (C=O) groups is 1. The Hall–Kier alpha value is -3.94. The first-order valence-corrected chi connectivity index (χ1v) is 15.4. The van der Waals surface area contributed by atoms with Crippen LogP contribution in [0.25, 0.3) is 16.7 Å². The van der Waals surface area contributed by atoms with Gasteiger partial charge >= 0.3 is 5.97 Å². The minimum absolute atomic E-state index is 0.260. The van der Waals surface area contributed by atoms with Gasteiger partial charge in [0.05, 0.1) is 11.3 Å². The van der Waals surface area contributed by atoms with Crippen molar-refractivity contribution in [3.8, 4) is 11.1 Å². The summed E-state index contributed by atoms with van der Waals surface area (Å²) >= 11 is 6.67. The Kier molecular flexibility index (Phi) is 10.3. The molecule has 1 atom stereocenters. The van der Waals surface area contributed by atoms with Gasteiger partial charge in [-0.2, -0.15) is 0 Å². The van der Waals surface area contributed by atoms with Gasteiger partial charge in [0.25, 0.3) is 0 Å². The molecule has 6 nitrogen and oxygen atoms in total. The number of allylic oxidation sites excluding steroid dienone is 4. The smallest absolute Gasteiger partial charge is 0.335 e. The van der Waals surface area contributed by atoms with Gasteiger partial charge in [0.15, 0.2) is 0 Å². The zero-order chi connectivity index (χ0) is 29.4. The number of rotatable bonds is 12. The molecule has 0 amide bonds. The number of hydrogen-bond acceptors (Lipinski definition) is 3.